The summed E-state index contributed by atoms with van der Waals surface area (Å²) in [4.78, 5) is 7.34. The molecular weight excluding hydrogens is 248 g/mol. The van der Waals surface area contributed by atoms with Crippen molar-refractivity contribution in [2.24, 2.45) is 4.99 Å². The molecule has 96 valence electrons. The molecular formula is C13H16N2O2S. The van der Waals surface area contributed by atoms with Gasteiger partial charge in [0.25, 0.3) is 0 Å². The lowest BCUT2D eigenvalue weighted by Gasteiger charge is -2.36. The normalized spacial score (nSPS) is 25.1. The highest BCUT2D eigenvalue weighted by Gasteiger charge is 2.34. The largest absolute Gasteiger partial charge is 0.502 e. The van der Waals surface area contributed by atoms with Gasteiger partial charge in [0.1, 0.15) is 0 Å². The zero-order valence-electron chi connectivity index (χ0n) is 9.99. The van der Waals surface area contributed by atoms with E-state index in [1.54, 1.807) is 11.3 Å². The molecule has 0 radical (unpaired) electrons. The van der Waals surface area contributed by atoms with Crippen molar-refractivity contribution in [3.63, 3.8) is 0 Å². The third kappa shape index (κ3) is 1.88. The fraction of sp³-hybridized carbons (Fsp3) is 0.462. The van der Waals surface area contributed by atoms with Crippen LogP contribution in [0, 0.1) is 0 Å². The molecule has 0 bridgehead atoms. The average molecular weight is 264 g/mol. The summed E-state index contributed by atoms with van der Waals surface area (Å²) in [5.41, 5.74) is 0. The molecule has 0 saturated heterocycles. The van der Waals surface area contributed by atoms with Crippen molar-refractivity contribution in [1.29, 1.82) is 0 Å². The van der Waals surface area contributed by atoms with Crippen molar-refractivity contribution in [3.8, 4) is 0 Å². The number of aliphatic imine (C=N–C) groups is 1. The van der Waals surface area contributed by atoms with Crippen LogP contribution < -0.4 is 0 Å². The van der Waals surface area contributed by atoms with E-state index >= 15 is 0 Å². The summed E-state index contributed by atoms with van der Waals surface area (Å²) >= 11 is 1.62. The third-order valence-electron chi connectivity index (χ3n) is 3.59. The van der Waals surface area contributed by atoms with Crippen LogP contribution in [-0.4, -0.2) is 27.4 Å². The van der Waals surface area contributed by atoms with Crippen molar-refractivity contribution in [2.75, 3.05) is 0 Å². The minimum absolute atomic E-state index is 0.0321. The Balaban J connectivity index is 1.95. The Hall–Kier alpha value is -1.49. The Kier molecular flexibility index (Phi) is 2.99. The van der Waals surface area contributed by atoms with E-state index in [9.17, 15) is 10.2 Å². The van der Waals surface area contributed by atoms with Gasteiger partial charge in [0.15, 0.2) is 11.9 Å². The molecule has 0 aromatic carbocycles. The summed E-state index contributed by atoms with van der Waals surface area (Å²) < 4.78 is 0. The molecule has 18 heavy (non-hydrogen) atoms. The van der Waals surface area contributed by atoms with Crippen molar-refractivity contribution >= 4 is 17.6 Å². The van der Waals surface area contributed by atoms with Crippen molar-refractivity contribution < 1.29 is 10.2 Å². The number of rotatable bonds is 2. The maximum Gasteiger partial charge on any atom is 0.234 e. The van der Waals surface area contributed by atoms with Crippen LogP contribution in [-0.2, 0) is 0 Å². The molecule has 3 rings (SSSR count). The summed E-state index contributed by atoms with van der Waals surface area (Å²) in [7, 11) is 0. The van der Waals surface area contributed by atoms with Crippen LogP contribution in [0.3, 0.4) is 0 Å². The zero-order chi connectivity index (χ0) is 12.5. The van der Waals surface area contributed by atoms with E-state index in [2.05, 4.69) is 4.99 Å². The van der Waals surface area contributed by atoms with Crippen molar-refractivity contribution in [1.82, 2.24) is 4.90 Å². The van der Waals surface area contributed by atoms with Crippen molar-refractivity contribution in [2.45, 2.75) is 37.9 Å². The highest BCUT2D eigenvalue weighted by molar-refractivity contribution is 7.10. The summed E-state index contributed by atoms with van der Waals surface area (Å²) in [6, 6.07) is 4.28. The molecule has 2 aliphatic rings. The van der Waals surface area contributed by atoms with Crippen LogP contribution >= 0.6 is 11.3 Å². The molecule has 1 aromatic rings. The summed E-state index contributed by atoms with van der Waals surface area (Å²) in [6.45, 7) is 0. The van der Waals surface area contributed by atoms with Gasteiger partial charge in [-0.05, 0) is 24.3 Å². The summed E-state index contributed by atoms with van der Waals surface area (Å²) in [6.07, 6.45) is 5.62. The standard InChI is InChI=1S/C13H16N2O2S/c16-10-8-14-12(11-6-3-7-18-11)15(13(10)17)9-4-1-2-5-9/h3,6-9,12,16-17H,1-2,4-5H2. The number of thiophene rings is 1. The van der Waals surface area contributed by atoms with Crippen molar-refractivity contribution in [3.05, 3.63) is 34.0 Å². The monoisotopic (exact) mass is 264 g/mol. The van der Waals surface area contributed by atoms with E-state index in [0.29, 0.717) is 0 Å². The Morgan fingerprint density at radius 2 is 2.06 bits per heavy atom. The fourth-order valence-electron chi connectivity index (χ4n) is 2.72. The van der Waals surface area contributed by atoms with E-state index in [0.717, 1.165) is 17.7 Å². The van der Waals surface area contributed by atoms with Gasteiger partial charge >= 0.3 is 0 Å². The van der Waals surface area contributed by atoms with Crippen LogP contribution in [0.25, 0.3) is 0 Å². The first kappa shape index (κ1) is 11.6. The Labute approximate surface area is 110 Å². The Morgan fingerprint density at radius 1 is 1.28 bits per heavy atom. The van der Waals surface area contributed by atoms with Gasteiger partial charge in [-0.25, -0.2) is 0 Å². The molecule has 2 N–H and O–H groups in total. The van der Waals surface area contributed by atoms with Crippen LogP contribution in [0.2, 0.25) is 0 Å². The van der Waals surface area contributed by atoms with Crippen LogP contribution in [0.4, 0.5) is 0 Å². The van der Waals surface area contributed by atoms with Crippen LogP contribution in [0.15, 0.2) is 34.1 Å². The molecule has 5 heteroatoms. The zero-order valence-corrected chi connectivity index (χ0v) is 10.8. The average Bonchev–Trinajstić information content (AvgIpc) is 3.03. The molecule has 1 unspecified atom stereocenters. The molecule has 1 aliphatic carbocycles. The van der Waals surface area contributed by atoms with Gasteiger partial charge in [0.2, 0.25) is 5.88 Å². The molecule has 1 atom stereocenters. The maximum absolute atomic E-state index is 10.1. The molecule has 0 amide bonds. The Bertz CT molecular complexity index is 475. The van der Waals surface area contributed by atoms with Gasteiger partial charge in [-0.1, -0.05) is 18.9 Å². The highest BCUT2D eigenvalue weighted by Crippen LogP contribution is 2.38. The minimum atomic E-state index is -0.191. The lowest BCUT2D eigenvalue weighted by Crippen LogP contribution is -2.38. The van der Waals surface area contributed by atoms with Gasteiger partial charge in [0.05, 0.1) is 6.21 Å². The highest BCUT2D eigenvalue weighted by atomic mass is 32.1. The molecule has 1 aromatic heterocycles. The minimum Gasteiger partial charge on any atom is -0.502 e. The lowest BCUT2D eigenvalue weighted by atomic mass is 10.1. The van der Waals surface area contributed by atoms with Crippen LogP contribution in [0.1, 0.15) is 36.7 Å². The first-order valence-electron chi connectivity index (χ1n) is 6.24. The second-order valence-corrected chi connectivity index (χ2v) is 5.70. The van der Waals surface area contributed by atoms with E-state index < -0.39 is 0 Å². The maximum atomic E-state index is 10.1. The van der Waals surface area contributed by atoms with Gasteiger partial charge in [0, 0.05) is 10.9 Å². The van der Waals surface area contributed by atoms with Gasteiger partial charge in [-0.15, -0.1) is 11.3 Å². The summed E-state index contributed by atoms with van der Waals surface area (Å²) in [5, 5.41) is 21.8. The van der Waals surface area contributed by atoms with E-state index in [1.807, 2.05) is 22.4 Å². The number of hydrogen-bond acceptors (Lipinski definition) is 5. The first-order chi connectivity index (χ1) is 8.77. The van der Waals surface area contributed by atoms with E-state index in [-0.39, 0.29) is 23.8 Å². The molecule has 1 fully saturated rings. The molecule has 2 heterocycles. The Morgan fingerprint density at radius 3 is 2.72 bits per heavy atom. The lowest BCUT2D eigenvalue weighted by molar-refractivity contribution is 0.0923. The number of aliphatic hydroxyl groups is 2. The number of nitrogens with zero attached hydrogens (tertiary/aromatic N) is 2. The predicted molar refractivity (Wildman–Crippen MR) is 71.9 cm³/mol. The quantitative estimate of drug-likeness (QED) is 0.861. The van der Waals surface area contributed by atoms with Gasteiger partial charge < -0.3 is 15.1 Å². The molecule has 1 saturated carbocycles. The predicted octanol–water partition coefficient (Wildman–Crippen LogP) is 3.36. The van der Waals surface area contributed by atoms with Gasteiger partial charge in [-0.3, -0.25) is 4.99 Å². The molecule has 0 spiro atoms. The third-order valence-corrected chi connectivity index (χ3v) is 4.50. The second-order valence-electron chi connectivity index (χ2n) is 4.72. The van der Waals surface area contributed by atoms with Crippen LogP contribution in [0.5, 0.6) is 0 Å². The van der Waals surface area contributed by atoms with E-state index in [4.69, 9.17) is 0 Å². The topological polar surface area (TPSA) is 56.1 Å². The number of hydrogen-bond donors (Lipinski definition) is 2. The molecule has 4 nitrogen and oxygen atoms in total. The van der Waals surface area contributed by atoms with Gasteiger partial charge in [-0.2, -0.15) is 0 Å². The van der Waals surface area contributed by atoms with E-state index in [1.165, 1.54) is 19.1 Å². The number of aliphatic hydroxyl groups excluding tert-OH is 2. The summed E-state index contributed by atoms with van der Waals surface area (Å²) in [5.74, 6) is -0.162. The number of allylic oxidation sites excluding steroid dienone is 1. The second kappa shape index (κ2) is 4.65. The molecule has 1 aliphatic heterocycles. The SMILES string of the molecule is OC1=C(O)N(C2CCCC2)C(c2cccs2)N=C1. The smallest absolute Gasteiger partial charge is 0.234 e. The first-order valence-corrected chi connectivity index (χ1v) is 7.12. The fourth-order valence-corrected chi connectivity index (χ4v) is 3.49.